The number of hydrogen-bond acceptors (Lipinski definition) is 3. The molecule has 14 heavy (non-hydrogen) atoms. The van der Waals surface area contributed by atoms with E-state index < -0.39 is 11.6 Å². The zero-order valence-corrected chi connectivity index (χ0v) is 9.10. The van der Waals surface area contributed by atoms with Gasteiger partial charge < -0.3 is 10.2 Å². The second-order valence-corrected chi connectivity index (χ2v) is 4.29. The Labute approximate surface area is 87.0 Å². The molecule has 0 aliphatic carbocycles. The Morgan fingerprint density at radius 1 is 1.43 bits per heavy atom. The molecule has 0 saturated heterocycles. The van der Waals surface area contributed by atoms with Gasteiger partial charge in [0.1, 0.15) is 4.88 Å². The average molecular weight is 214 g/mol. The summed E-state index contributed by atoms with van der Waals surface area (Å²) in [6, 6.07) is 3.24. The normalized spacial score (nSPS) is 11.6. The first-order valence-electron chi connectivity index (χ1n) is 4.59. The van der Waals surface area contributed by atoms with Crippen LogP contribution in [0.3, 0.4) is 0 Å². The Hall–Kier alpha value is -0.870. The molecule has 0 saturated carbocycles. The number of hydrogen-bond donors (Lipinski definition) is 2. The van der Waals surface area contributed by atoms with E-state index in [9.17, 15) is 9.90 Å². The molecule has 2 N–H and O–H groups in total. The summed E-state index contributed by atoms with van der Waals surface area (Å²) < 4.78 is 0. The topological polar surface area (TPSA) is 57.5 Å². The minimum atomic E-state index is -0.934. The molecule has 0 radical (unpaired) electrons. The van der Waals surface area contributed by atoms with Gasteiger partial charge >= 0.3 is 5.97 Å². The van der Waals surface area contributed by atoms with Crippen LogP contribution in [0, 0.1) is 0 Å². The third-order valence-electron chi connectivity index (χ3n) is 2.45. The van der Waals surface area contributed by atoms with E-state index in [1.807, 2.05) is 13.8 Å². The Bertz CT molecular complexity index is 326. The predicted octanol–water partition coefficient (Wildman–Crippen LogP) is 2.45. The lowest BCUT2D eigenvalue weighted by Gasteiger charge is -2.23. The standard InChI is InChI=1S/C10H14O3S/c1-3-10(13,4-2)8-6-5-7(14-8)9(11)12/h5-6,13H,3-4H2,1-2H3,(H,11,12). The van der Waals surface area contributed by atoms with E-state index in [2.05, 4.69) is 0 Å². The third kappa shape index (κ3) is 1.96. The summed E-state index contributed by atoms with van der Waals surface area (Å²) in [7, 11) is 0. The Morgan fingerprint density at radius 2 is 2.00 bits per heavy atom. The summed E-state index contributed by atoms with van der Waals surface area (Å²) in [5.74, 6) is -0.934. The first-order chi connectivity index (χ1) is 6.53. The monoisotopic (exact) mass is 214 g/mol. The molecule has 0 aromatic carbocycles. The van der Waals surface area contributed by atoms with Crippen molar-refractivity contribution < 1.29 is 15.0 Å². The van der Waals surface area contributed by atoms with E-state index in [-0.39, 0.29) is 4.88 Å². The van der Waals surface area contributed by atoms with Gasteiger partial charge in [-0.3, -0.25) is 0 Å². The lowest BCUT2D eigenvalue weighted by Crippen LogP contribution is -2.21. The van der Waals surface area contributed by atoms with Gasteiger partial charge in [0, 0.05) is 4.88 Å². The second-order valence-electron chi connectivity index (χ2n) is 3.21. The van der Waals surface area contributed by atoms with Crippen LogP contribution < -0.4 is 0 Å². The highest BCUT2D eigenvalue weighted by atomic mass is 32.1. The van der Waals surface area contributed by atoms with Gasteiger partial charge in [-0.2, -0.15) is 0 Å². The van der Waals surface area contributed by atoms with Gasteiger partial charge in [0.25, 0.3) is 0 Å². The SMILES string of the molecule is CCC(O)(CC)c1ccc(C(=O)O)s1. The van der Waals surface area contributed by atoms with Gasteiger partial charge in [0.15, 0.2) is 0 Å². The molecular formula is C10H14O3S. The van der Waals surface area contributed by atoms with Crippen LogP contribution in [0.5, 0.6) is 0 Å². The zero-order valence-electron chi connectivity index (χ0n) is 8.28. The molecule has 0 unspecified atom stereocenters. The van der Waals surface area contributed by atoms with Crippen molar-refractivity contribution >= 4 is 17.3 Å². The fourth-order valence-electron chi connectivity index (χ4n) is 1.30. The van der Waals surface area contributed by atoms with Crippen molar-refractivity contribution in [3.8, 4) is 0 Å². The number of aromatic carboxylic acids is 1. The van der Waals surface area contributed by atoms with Gasteiger partial charge in [-0.15, -0.1) is 11.3 Å². The van der Waals surface area contributed by atoms with Crippen LogP contribution in [-0.4, -0.2) is 16.2 Å². The van der Waals surface area contributed by atoms with Gasteiger partial charge in [0.2, 0.25) is 0 Å². The van der Waals surface area contributed by atoms with Crippen LogP contribution >= 0.6 is 11.3 Å². The second kappa shape index (κ2) is 4.11. The summed E-state index contributed by atoms with van der Waals surface area (Å²) in [5, 5.41) is 18.9. The zero-order chi connectivity index (χ0) is 10.8. The average Bonchev–Trinajstić information content (AvgIpc) is 2.66. The quantitative estimate of drug-likeness (QED) is 0.809. The third-order valence-corrected chi connectivity index (χ3v) is 3.71. The van der Waals surface area contributed by atoms with Crippen molar-refractivity contribution in [1.29, 1.82) is 0 Å². The van der Waals surface area contributed by atoms with Crippen LogP contribution in [0.1, 0.15) is 41.2 Å². The summed E-state index contributed by atoms with van der Waals surface area (Å²) in [6.07, 6.45) is 1.20. The largest absolute Gasteiger partial charge is 0.477 e. The van der Waals surface area contributed by atoms with Gasteiger partial charge in [-0.25, -0.2) is 4.79 Å². The molecule has 0 aliphatic heterocycles. The molecule has 0 amide bonds. The van der Waals surface area contributed by atoms with E-state index in [0.29, 0.717) is 12.8 Å². The number of aliphatic hydroxyl groups is 1. The molecule has 1 heterocycles. The highest BCUT2D eigenvalue weighted by Gasteiger charge is 2.27. The fraction of sp³-hybridized carbons (Fsp3) is 0.500. The predicted molar refractivity (Wildman–Crippen MR) is 55.8 cm³/mol. The first-order valence-corrected chi connectivity index (χ1v) is 5.41. The molecule has 78 valence electrons. The lowest BCUT2D eigenvalue weighted by molar-refractivity contribution is 0.0321. The fourth-order valence-corrected chi connectivity index (χ4v) is 2.38. The summed E-state index contributed by atoms with van der Waals surface area (Å²) in [4.78, 5) is 11.7. The Balaban J connectivity index is 3.01. The minimum Gasteiger partial charge on any atom is -0.477 e. The van der Waals surface area contributed by atoms with E-state index in [1.54, 1.807) is 12.1 Å². The van der Waals surface area contributed by atoms with E-state index >= 15 is 0 Å². The van der Waals surface area contributed by atoms with Crippen LogP contribution in [0.4, 0.5) is 0 Å². The molecule has 0 spiro atoms. The van der Waals surface area contributed by atoms with Crippen LogP contribution in [0.25, 0.3) is 0 Å². The highest BCUT2D eigenvalue weighted by molar-refractivity contribution is 7.14. The molecular weight excluding hydrogens is 200 g/mol. The number of rotatable bonds is 4. The molecule has 1 rings (SSSR count). The molecule has 0 atom stereocenters. The maximum Gasteiger partial charge on any atom is 0.345 e. The van der Waals surface area contributed by atoms with Crippen molar-refractivity contribution in [3.63, 3.8) is 0 Å². The molecule has 0 aliphatic rings. The summed E-state index contributed by atoms with van der Waals surface area (Å²) in [6.45, 7) is 3.79. The lowest BCUT2D eigenvalue weighted by atomic mass is 9.96. The van der Waals surface area contributed by atoms with Crippen molar-refractivity contribution in [3.05, 3.63) is 21.9 Å². The van der Waals surface area contributed by atoms with Gasteiger partial charge in [-0.05, 0) is 25.0 Å². The van der Waals surface area contributed by atoms with E-state index in [1.165, 1.54) is 0 Å². The van der Waals surface area contributed by atoms with Gasteiger partial charge in [0.05, 0.1) is 5.60 Å². The molecule has 1 aromatic rings. The van der Waals surface area contributed by atoms with Crippen molar-refractivity contribution in [2.75, 3.05) is 0 Å². The van der Waals surface area contributed by atoms with Crippen molar-refractivity contribution in [2.45, 2.75) is 32.3 Å². The Morgan fingerprint density at radius 3 is 2.36 bits per heavy atom. The van der Waals surface area contributed by atoms with E-state index in [4.69, 9.17) is 5.11 Å². The molecule has 4 heteroatoms. The van der Waals surface area contributed by atoms with Gasteiger partial charge in [-0.1, -0.05) is 13.8 Å². The Kier molecular flexibility index (Phi) is 3.29. The van der Waals surface area contributed by atoms with Crippen LogP contribution in [-0.2, 0) is 5.60 Å². The number of carboxylic acid groups (broad SMARTS) is 1. The maximum atomic E-state index is 10.6. The smallest absolute Gasteiger partial charge is 0.345 e. The molecule has 0 fully saturated rings. The highest BCUT2D eigenvalue weighted by Crippen LogP contribution is 2.33. The molecule has 3 nitrogen and oxygen atoms in total. The minimum absolute atomic E-state index is 0.278. The number of carboxylic acids is 1. The maximum absolute atomic E-state index is 10.6. The van der Waals surface area contributed by atoms with Crippen LogP contribution in [0.15, 0.2) is 12.1 Å². The molecule has 1 aromatic heterocycles. The first kappa shape index (κ1) is 11.2. The number of thiophene rings is 1. The molecule has 0 bridgehead atoms. The van der Waals surface area contributed by atoms with Crippen LogP contribution in [0.2, 0.25) is 0 Å². The summed E-state index contributed by atoms with van der Waals surface area (Å²) in [5.41, 5.74) is -0.863. The van der Waals surface area contributed by atoms with Crippen molar-refractivity contribution in [2.24, 2.45) is 0 Å². The summed E-state index contributed by atoms with van der Waals surface area (Å²) >= 11 is 1.15. The van der Waals surface area contributed by atoms with E-state index in [0.717, 1.165) is 16.2 Å². The number of carbonyl (C=O) groups is 1. The van der Waals surface area contributed by atoms with Crippen molar-refractivity contribution in [1.82, 2.24) is 0 Å².